The maximum atomic E-state index is 13.3. The van der Waals surface area contributed by atoms with Crippen molar-refractivity contribution in [3.63, 3.8) is 0 Å². The maximum absolute atomic E-state index is 13.3. The minimum atomic E-state index is -4.66. The first-order valence-corrected chi connectivity index (χ1v) is 9.23. The van der Waals surface area contributed by atoms with Crippen LogP contribution in [0.15, 0.2) is 18.3 Å². The Balaban J connectivity index is 1.64. The number of pyridine rings is 1. The van der Waals surface area contributed by atoms with Gasteiger partial charge in [-0.3, -0.25) is 4.79 Å². The van der Waals surface area contributed by atoms with Gasteiger partial charge < -0.3 is 15.5 Å². The van der Waals surface area contributed by atoms with E-state index in [0.29, 0.717) is 48.9 Å². The number of nitrogens with zero attached hydrogens (tertiary/aromatic N) is 7. The number of aryl methyl sites for hydroxylation is 1. The average Bonchev–Trinajstić information content (AvgIpc) is 3.15. The summed E-state index contributed by atoms with van der Waals surface area (Å²) in [5.41, 5.74) is 7.18. The monoisotopic (exact) mass is 420 g/mol. The average molecular weight is 420 g/mol. The van der Waals surface area contributed by atoms with Crippen molar-refractivity contribution in [2.75, 3.05) is 36.0 Å². The Morgan fingerprint density at radius 3 is 2.27 bits per heavy atom. The molecule has 0 unspecified atom stereocenters. The molecule has 3 aromatic rings. The summed E-state index contributed by atoms with van der Waals surface area (Å²) < 4.78 is 40.6. The van der Waals surface area contributed by atoms with Crippen molar-refractivity contribution in [2.24, 2.45) is 5.73 Å². The van der Waals surface area contributed by atoms with Crippen LogP contribution in [0.5, 0.6) is 0 Å². The molecule has 1 aliphatic rings. The summed E-state index contributed by atoms with van der Waals surface area (Å²) in [6.07, 6.45) is -3.07. The number of nitrogens with two attached hydrogens (primary N) is 1. The van der Waals surface area contributed by atoms with Gasteiger partial charge in [0.05, 0.1) is 5.56 Å². The van der Waals surface area contributed by atoms with Crippen molar-refractivity contribution in [3.05, 3.63) is 40.8 Å². The van der Waals surface area contributed by atoms with Crippen molar-refractivity contribution >= 4 is 23.2 Å². The van der Waals surface area contributed by atoms with Crippen LogP contribution < -0.4 is 15.5 Å². The van der Waals surface area contributed by atoms with E-state index in [1.807, 2.05) is 9.80 Å². The van der Waals surface area contributed by atoms with Crippen molar-refractivity contribution in [1.82, 2.24) is 24.8 Å². The van der Waals surface area contributed by atoms with E-state index in [1.165, 1.54) is 0 Å². The zero-order chi connectivity index (χ0) is 21.6. The molecular weight excluding hydrogens is 401 g/mol. The Hall–Kier alpha value is -3.44. The smallest absolute Gasteiger partial charge is 0.365 e. The van der Waals surface area contributed by atoms with Crippen LogP contribution in [0.2, 0.25) is 0 Å². The predicted molar refractivity (Wildman–Crippen MR) is 102 cm³/mol. The summed E-state index contributed by atoms with van der Waals surface area (Å²) in [6, 6.07) is 3.26. The minimum Gasteiger partial charge on any atom is -0.365 e. The van der Waals surface area contributed by atoms with E-state index in [-0.39, 0.29) is 5.65 Å². The fraction of sp³-hybridized carbons (Fsp3) is 0.389. The third kappa shape index (κ3) is 3.27. The Morgan fingerprint density at radius 1 is 1.03 bits per heavy atom. The molecule has 0 aromatic carbocycles. The van der Waals surface area contributed by atoms with E-state index in [1.54, 1.807) is 32.2 Å². The largest absolute Gasteiger partial charge is 0.453 e. The molecule has 158 valence electrons. The number of hydrogen-bond donors (Lipinski definition) is 1. The van der Waals surface area contributed by atoms with Crippen LogP contribution in [0.1, 0.15) is 27.3 Å². The van der Waals surface area contributed by atoms with Crippen LogP contribution in [-0.4, -0.2) is 56.9 Å². The van der Waals surface area contributed by atoms with Gasteiger partial charge in [-0.2, -0.15) is 17.7 Å². The number of fused-ring (bicyclic) bond motifs is 1. The molecule has 0 aliphatic carbocycles. The van der Waals surface area contributed by atoms with Crippen molar-refractivity contribution < 1.29 is 18.0 Å². The highest BCUT2D eigenvalue weighted by atomic mass is 19.4. The van der Waals surface area contributed by atoms with Gasteiger partial charge in [0.2, 0.25) is 0 Å². The van der Waals surface area contributed by atoms with Crippen LogP contribution in [-0.2, 0) is 6.18 Å². The summed E-state index contributed by atoms with van der Waals surface area (Å²) in [7, 11) is 0. The summed E-state index contributed by atoms with van der Waals surface area (Å²) in [5, 5.41) is 11.2. The summed E-state index contributed by atoms with van der Waals surface area (Å²) >= 11 is 0. The molecule has 1 fully saturated rings. The molecular formula is C18H19F3N8O. The van der Waals surface area contributed by atoms with E-state index >= 15 is 0 Å². The number of carbonyl (C=O) groups is 1. The summed E-state index contributed by atoms with van der Waals surface area (Å²) in [5.74, 6) is -0.772. The van der Waals surface area contributed by atoms with Gasteiger partial charge in [0.25, 0.3) is 11.7 Å². The maximum Gasteiger partial charge on any atom is 0.453 e. The van der Waals surface area contributed by atoms with Crippen LogP contribution in [0.25, 0.3) is 5.65 Å². The summed E-state index contributed by atoms with van der Waals surface area (Å²) in [4.78, 5) is 19.8. The number of hydrogen-bond acceptors (Lipinski definition) is 7. The number of piperazine rings is 1. The first kappa shape index (κ1) is 19.9. The second-order valence-corrected chi connectivity index (χ2v) is 7.04. The zero-order valence-corrected chi connectivity index (χ0v) is 16.3. The zero-order valence-electron chi connectivity index (χ0n) is 16.3. The number of amides is 1. The third-order valence-corrected chi connectivity index (χ3v) is 5.25. The molecule has 1 aliphatic heterocycles. The lowest BCUT2D eigenvalue weighted by atomic mass is 10.1. The Bertz CT molecular complexity index is 1120. The van der Waals surface area contributed by atoms with E-state index in [9.17, 15) is 18.0 Å². The van der Waals surface area contributed by atoms with Crippen molar-refractivity contribution in [2.45, 2.75) is 20.0 Å². The molecule has 0 atom stereocenters. The normalized spacial score (nSPS) is 15.1. The molecule has 0 spiro atoms. The van der Waals surface area contributed by atoms with Gasteiger partial charge in [-0.15, -0.1) is 15.3 Å². The van der Waals surface area contributed by atoms with Gasteiger partial charge in [0.15, 0.2) is 11.5 Å². The first-order valence-electron chi connectivity index (χ1n) is 9.23. The lowest BCUT2D eigenvalue weighted by Crippen LogP contribution is -2.48. The lowest BCUT2D eigenvalue weighted by Gasteiger charge is -2.37. The van der Waals surface area contributed by atoms with Gasteiger partial charge in [-0.05, 0) is 26.0 Å². The highest BCUT2D eigenvalue weighted by Gasteiger charge is 2.38. The number of anilines is 2. The molecule has 1 amide bonds. The van der Waals surface area contributed by atoms with Crippen LogP contribution in [0.4, 0.5) is 24.8 Å². The SMILES string of the molecule is Cc1c(N2CCN(c3ncccc3C(N)=O)CC2)nn2c(C(F)(F)F)nnc2c1C. The molecule has 4 heterocycles. The van der Waals surface area contributed by atoms with Gasteiger partial charge >= 0.3 is 6.18 Å². The molecule has 3 aromatic heterocycles. The first-order chi connectivity index (χ1) is 14.2. The van der Waals surface area contributed by atoms with Crippen LogP contribution >= 0.6 is 0 Å². The van der Waals surface area contributed by atoms with Gasteiger partial charge in [-0.1, -0.05) is 0 Å². The molecule has 4 rings (SSSR count). The van der Waals surface area contributed by atoms with Gasteiger partial charge in [-0.25, -0.2) is 4.98 Å². The number of aromatic nitrogens is 5. The van der Waals surface area contributed by atoms with Crippen LogP contribution in [0, 0.1) is 13.8 Å². The second-order valence-electron chi connectivity index (χ2n) is 7.04. The minimum absolute atomic E-state index is 0.0850. The molecule has 0 saturated carbocycles. The molecule has 30 heavy (non-hydrogen) atoms. The Morgan fingerprint density at radius 2 is 1.67 bits per heavy atom. The number of halogens is 3. The van der Waals surface area contributed by atoms with E-state index < -0.39 is 17.9 Å². The third-order valence-electron chi connectivity index (χ3n) is 5.25. The topological polar surface area (TPSA) is 106 Å². The van der Waals surface area contributed by atoms with E-state index in [0.717, 1.165) is 10.1 Å². The predicted octanol–water partition coefficient (Wildman–Crippen LogP) is 1.58. The quantitative estimate of drug-likeness (QED) is 0.686. The fourth-order valence-corrected chi connectivity index (χ4v) is 3.56. The van der Waals surface area contributed by atoms with Crippen molar-refractivity contribution in [3.8, 4) is 0 Å². The van der Waals surface area contributed by atoms with Gasteiger partial charge in [0, 0.05) is 43.5 Å². The van der Waals surface area contributed by atoms with E-state index in [4.69, 9.17) is 5.73 Å². The number of carbonyl (C=O) groups excluding carboxylic acids is 1. The molecule has 12 heteroatoms. The van der Waals surface area contributed by atoms with E-state index in [2.05, 4.69) is 20.3 Å². The van der Waals surface area contributed by atoms with Crippen molar-refractivity contribution in [1.29, 1.82) is 0 Å². The molecule has 2 N–H and O–H groups in total. The number of primary amides is 1. The van der Waals surface area contributed by atoms with Gasteiger partial charge in [0.1, 0.15) is 5.82 Å². The Kier molecular flexibility index (Phi) is 4.71. The number of rotatable bonds is 3. The highest BCUT2D eigenvalue weighted by Crippen LogP contribution is 2.31. The Labute approximate surface area is 169 Å². The molecule has 0 bridgehead atoms. The lowest BCUT2D eigenvalue weighted by molar-refractivity contribution is -0.146. The number of alkyl halides is 3. The summed E-state index contributed by atoms with van der Waals surface area (Å²) in [6.45, 7) is 5.48. The molecule has 1 saturated heterocycles. The second kappa shape index (κ2) is 7.11. The molecule has 9 nitrogen and oxygen atoms in total. The fourth-order valence-electron chi connectivity index (χ4n) is 3.56. The highest BCUT2D eigenvalue weighted by molar-refractivity contribution is 5.97. The van der Waals surface area contributed by atoms with Crippen LogP contribution in [0.3, 0.4) is 0 Å². The standard InChI is InChI=1S/C18H19F3N8O/c1-10-11(2)15(26-29-14(10)24-25-17(29)18(19,20)21)27-6-8-28(9-7-27)16-12(13(22)30)4-3-5-23-16/h3-5H,6-9H2,1-2H3,(H2,22,30). The molecule has 0 radical (unpaired) electrons.